The molecule has 2 atom stereocenters. The smallest absolute Gasteiger partial charge is 0.314 e. The second-order valence-electron chi connectivity index (χ2n) is 4.12. The highest BCUT2D eigenvalue weighted by Crippen LogP contribution is 2.20. The number of carbonyl (C=O) groups is 1. The van der Waals surface area contributed by atoms with Gasteiger partial charge in [0.1, 0.15) is 11.5 Å². The summed E-state index contributed by atoms with van der Waals surface area (Å²) in [6.07, 6.45) is 0.462. The molecule has 0 fully saturated rings. The van der Waals surface area contributed by atoms with Crippen LogP contribution in [0.2, 0.25) is 0 Å². The number of benzene rings is 1. The van der Waals surface area contributed by atoms with Gasteiger partial charge in [0.05, 0.1) is 5.92 Å². The average Bonchev–Trinajstić information content (AvgIpc) is 2.39. The molecule has 1 aromatic rings. The first-order valence-corrected chi connectivity index (χ1v) is 6.08. The summed E-state index contributed by atoms with van der Waals surface area (Å²) < 4.78 is 15.6. The van der Waals surface area contributed by atoms with Crippen LogP contribution >= 0.6 is 0 Å². The van der Waals surface area contributed by atoms with Gasteiger partial charge in [0.25, 0.3) is 0 Å². The summed E-state index contributed by atoms with van der Waals surface area (Å²) in [6.45, 7) is 5.60. The van der Waals surface area contributed by atoms with Crippen LogP contribution in [0.1, 0.15) is 27.2 Å². The Hall–Kier alpha value is -1.55. The highest BCUT2D eigenvalue weighted by Gasteiger charge is 2.13. The molecule has 0 aliphatic rings. The third kappa shape index (κ3) is 4.37. The van der Waals surface area contributed by atoms with Gasteiger partial charge in [-0.15, -0.1) is 0 Å². The molecular formula is C14H20O4. The number of carbonyl (C=O) groups excluding carboxylic acids is 1. The van der Waals surface area contributed by atoms with Crippen molar-refractivity contribution in [2.24, 2.45) is 5.92 Å². The van der Waals surface area contributed by atoms with Crippen LogP contribution in [0.5, 0.6) is 11.5 Å². The SMILES string of the molecule is CCC(C)C(=O)Oc1ccc(OC(C)OC)cc1. The van der Waals surface area contributed by atoms with Crippen LogP contribution in [-0.4, -0.2) is 19.4 Å². The monoisotopic (exact) mass is 252 g/mol. The third-order valence-corrected chi connectivity index (χ3v) is 2.69. The molecule has 0 heterocycles. The summed E-state index contributed by atoms with van der Waals surface area (Å²) in [5.41, 5.74) is 0. The standard InChI is InChI=1S/C14H20O4/c1-5-10(2)14(15)18-13-8-6-12(7-9-13)17-11(3)16-4/h6-11H,5H2,1-4H3. The van der Waals surface area contributed by atoms with Gasteiger partial charge in [-0.3, -0.25) is 4.79 Å². The van der Waals surface area contributed by atoms with Gasteiger partial charge in [0.2, 0.25) is 0 Å². The Labute approximate surface area is 108 Å². The molecule has 1 rings (SSSR count). The summed E-state index contributed by atoms with van der Waals surface area (Å²) in [5.74, 6) is 0.899. The van der Waals surface area contributed by atoms with Gasteiger partial charge in [-0.25, -0.2) is 0 Å². The molecule has 0 aliphatic carbocycles. The molecule has 0 amide bonds. The molecule has 0 N–H and O–H groups in total. The topological polar surface area (TPSA) is 44.8 Å². The number of rotatable bonds is 6. The molecule has 0 spiro atoms. The molecule has 0 bridgehead atoms. The van der Waals surface area contributed by atoms with E-state index in [1.54, 1.807) is 38.3 Å². The quantitative estimate of drug-likeness (QED) is 0.443. The first-order chi connectivity index (χ1) is 8.56. The van der Waals surface area contributed by atoms with Gasteiger partial charge in [0, 0.05) is 7.11 Å². The van der Waals surface area contributed by atoms with Crippen molar-refractivity contribution in [3.8, 4) is 11.5 Å². The summed E-state index contributed by atoms with van der Waals surface area (Å²) in [7, 11) is 1.58. The second-order valence-corrected chi connectivity index (χ2v) is 4.12. The van der Waals surface area contributed by atoms with Gasteiger partial charge in [-0.1, -0.05) is 13.8 Å². The van der Waals surface area contributed by atoms with Crippen LogP contribution in [0, 0.1) is 5.92 Å². The van der Waals surface area contributed by atoms with Gasteiger partial charge in [-0.2, -0.15) is 0 Å². The molecule has 2 unspecified atom stereocenters. The van der Waals surface area contributed by atoms with Gasteiger partial charge < -0.3 is 14.2 Å². The lowest BCUT2D eigenvalue weighted by Gasteiger charge is -2.13. The Morgan fingerprint density at radius 2 is 1.72 bits per heavy atom. The highest BCUT2D eigenvalue weighted by molar-refractivity contribution is 5.74. The van der Waals surface area contributed by atoms with Crippen LogP contribution < -0.4 is 9.47 Å². The molecule has 0 radical (unpaired) electrons. The van der Waals surface area contributed by atoms with E-state index < -0.39 is 0 Å². The van der Waals surface area contributed by atoms with Crippen LogP contribution in [-0.2, 0) is 9.53 Å². The predicted molar refractivity (Wildman–Crippen MR) is 68.6 cm³/mol. The third-order valence-electron chi connectivity index (χ3n) is 2.69. The zero-order chi connectivity index (χ0) is 13.5. The molecular weight excluding hydrogens is 232 g/mol. The summed E-state index contributed by atoms with van der Waals surface area (Å²) >= 11 is 0. The highest BCUT2D eigenvalue weighted by atomic mass is 16.7. The molecule has 0 aromatic heterocycles. The van der Waals surface area contributed by atoms with Crippen LogP contribution in [0.25, 0.3) is 0 Å². The minimum atomic E-state index is -0.307. The molecule has 4 nitrogen and oxygen atoms in total. The maximum Gasteiger partial charge on any atom is 0.314 e. The maximum atomic E-state index is 11.6. The van der Waals surface area contributed by atoms with Crippen molar-refractivity contribution in [2.75, 3.05) is 7.11 Å². The van der Waals surface area contributed by atoms with E-state index in [-0.39, 0.29) is 18.2 Å². The Kier molecular flexibility index (Phi) is 5.65. The fourth-order valence-electron chi connectivity index (χ4n) is 1.21. The van der Waals surface area contributed by atoms with Gasteiger partial charge in [-0.05, 0) is 37.6 Å². The van der Waals surface area contributed by atoms with Crippen molar-refractivity contribution in [1.82, 2.24) is 0 Å². The zero-order valence-corrected chi connectivity index (χ0v) is 11.3. The largest absolute Gasteiger partial charge is 0.465 e. The molecule has 1 aromatic carbocycles. The number of methoxy groups -OCH3 is 1. The van der Waals surface area contributed by atoms with E-state index in [0.29, 0.717) is 11.5 Å². The lowest BCUT2D eigenvalue weighted by molar-refractivity contribution is -0.138. The maximum absolute atomic E-state index is 11.6. The van der Waals surface area contributed by atoms with Crippen molar-refractivity contribution in [2.45, 2.75) is 33.5 Å². The van der Waals surface area contributed by atoms with E-state index >= 15 is 0 Å². The minimum absolute atomic E-state index is 0.0885. The van der Waals surface area contributed by atoms with Gasteiger partial charge >= 0.3 is 5.97 Å². The van der Waals surface area contributed by atoms with E-state index in [9.17, 15) is 4.79 Å². The fourth-order valence-corrected chi connectivity index (χ4v) is 1.21. The first-order valence-electron chi connectivity index (χ1n) is 6.08. The Morgan fingerprint density at radius 3 is 2.22 bits per heavy atom. The zero-order valence-electron chi connectivity index (χ0n) is 11.3. The number of ether oxygens (including phenoxy) is 3. The Balaban J connectivity index is 2.57. The molecule has 100 valence electrons. The molecule has 18 heavy (non-hydrogen) atoms. The fraction of sp³-hybridized carbons (Fsp3) is 0.500. The molecule has 0 aliphatic heterocycles. The van der Waals surface area contributed by atoms with Gasteiger partial charge in [0.15, 0.2) is 6.29 Å². The lowest BCUT2D eigenvalue weighted by Crippen LogP contribution is -2.17. The van der Waals surface area contributed by atoms with E-state index in [1.807, 2.05) is 13.8 Å². The minimum Gasteiger partial charge on any atom is -0.465 e. The average molecular weight is 252 g/mol. The normalized spacial score (nSPS) is 13.8. The number of hydrogen-bond donors (Lipinski definition) is 0. The van der Waals surface area contributed by atoms with E-state index in [2.05, 4.69) is 0 Å². The van der Waals surface area contributed by atoms with Crippen molar-refractivity contribution in [1.29, 1.82) is 0 Å². The van der Waals surface area contributed by atoms with E-state index in [4.69, 9.17) is 14.2 Å². The van der Waals surface area contributed by atoms with E-state index in [1.165, 1.54) is 0 Å². The van der Waals surface area contributed by atoms with Crippen molar-refractivity contribution in [3.05, 3.63) is 24.3 Å². The Morgan fingerprint density at radius 1 is 1.17 bits per heavy atom. The molecule has 0 saturated heterocycles. The first kappa shape index (κ1) is 14.5. The van der Waals surface area contributed by atoms with Crippen LogP contribution in [0.3, 0.4) is 0 Å². The van der Waals surface area contributed by atoms with Crippen LogP contribution in [0.4, 0.5) is 0 Å². The van der Waals surface area contributed by atoms with E-state index in [0.717, 1.165) is 6.42 Å². The predicted octanol–water partition coefficient (Wildman–Crippen LogP) is 3.01. The van der Waals surface area contributed by atoms with Crippen molar-refractivity contribution < 1.29 is 19.0 Å². The summed E-state index contributed by atoms with van der Waals surface area (Å²) in [6, 6.07) is 6.90. The van der Waals surface area contributed by atoms with Crippen LogP contribution in [0.15, 0.2) is 24.3 Å². The summed E-state index contributed by atoms with van der Waals surface area (Å²) in [5, 5.41) is 0. The Bertz CT molecular complexity index is 372. The molecule has 4 heteroatoms. The second kappa shape index (κ2) is 7.01. The summed E-state index contributed by atoms with van der Waals surface area (Å²) in [4.78, 5) is 11.6. The van der Waals surface area contributed by atoms with Crippen molar-refractivity contribution >= 4 is 5.97 Å². The number of esters is 1. The number of hydrogen-bond acceptors (Lipinski definition) is 4. The lowest BCUT2D eigenvalue weighted by atomic mass is 10.1. The van der Waals surface area contributed by atoms with Crippen molar-refractivity contribution in [3.63, 3.8) is 0 Å². The molecule has 0 saturated carbocycles.